The van der Waals surface area contributed by atoms with E-state index in [0.717, 1.165) is 85.4 Å². The lowest BCUT2D eigenvalue weighted by atomic mass is 9.82. The maximum absolute atomic E-state index is 15.7. The summed E-state index contributed by atoms with van der Waals surface area (Å²) in [7, 11) is 0. The van der Waals surface area contributed by atoms with Crippen LogP contribution in [0.15, 0.2) is 66.1 Å². The fraction of sp³-hybridized carbons (Fsp3) is 0.610. The standard InChI is InChI=1S/C59H87F2N11O5S/c1-39(70-27-22-59(23-28-70)37-71(35-52(75)67-59)48-32-46(60)45(31-47(48)61)34-69-25-20-58(7,8)21-26-69)29-50(68-62)63-24-14-12-10-9-11-13-15-51(74)66-54(57(4,5)6)56(77)72-33-42(36-73)30-49(72)55(76)65-40(2)43-16-18-44(19-17-43)53-41(3)64-38-78-53/h16-19,29,31-32,38,40,42,49,54,63,68,73H,1,9-15,20-28,30,33-37,62H2,2-8H3,(H,65,76)(H,66,74)(H,67,75)/b50-29-/t40?,42?,49-,54+/m0/s1. The number of aryl methyl sites for hydroxylation is 1. The van der Waals surface area contributed by atoms with Crippen LogP contribution >= 0.6 is 11.3 Å². The molecule has 4 fully saturated rings. The molecule has 7 rings (SSSR count). The number of aromatic nitrogens is 1. The van der Waals surface area contributed by atoms with Crippen molar-refractivity contribution in [3.63, 3.8) is 0 Å². The summed E-state index contributed by atoms with van der Waals surface area (Å²) < 4.78 is 31.2. The van der Waals surface area contributed by atoms with Gasteiger partial charge in [0.05, 0.1) is 39.9 Å². The number of unbranched alkanes of at least 4 members (excludes halogenated alkanes) is 5. The minimum atomic E-state index is -0.853. The zero-order valence-corrected chi connectivity index (χ0v) is 48.1. The first-order valence-electron chi connectivity index (χ1n) is 28.2. The Hall–Kier alpha value is -5.63. The second kappa shape index (κ2) is 26.6. The molecule has 4 amide bonds. The molecule has 78 heavy (non-hydrogen) atoms. The molecule has 8 N–H and O–H groups in total. The number of aliphatic hydroxyl groups excluding tert-OH is 1. The Morgan fingerprint density at radius 2 is 1.65 bits per heavy atom. The van der Waals surface area contributed by atoms with E-state index < -0.39 is 34.7 Å². The summed E-state index contributed by atoms with van der Waals surface area (Å²) in [6.45, 7) is 22.8. The van der Waals surface area contributed by atoms with E-state index in [1.165, 1.54) is 12.1 Å². The van der Waals surface area contributed by atoms with Gasteiger partial charge in [-0.3, -0.25) is 24.1 Å². The lowest BCUT2D eigenvalue weighted by Gasteiger charge is -2.49. The highest BCUT2D eigenvalue weighted by Gasteiger charge is 2.45. The zero-order valence-electron chi connectivity index (χ0n) is 47.2. The molecule has 4 aliphatic heterocycles. The highest BCUT2D eigenvalue weighted by atomic mass is 32.1. The van der Waals surface area contributed by atoms with Crippen molar-refractivity contribution in [1.82, 2.24) is 46.4 Å². The second-order valence-corrected chi connectivity index (χ2v) is 25.1. The fourth-order valence-corrected chi connectivity index (χ4v) is 12.2. The topological polar surface area (TPSA) is 201 Å². The van der Waals surface area contributed by atoms with Crippen molar-refractivity contribution in [2.45, 2.75) is 156 Å². The number of halogens is 2. The van der Waals surface area contributed by atoms with E-state index in [-0.39, 0.29) is 72.8 Å². The van der Waals surface area contributed by atoms with Crippen LogP contribution in [0, 0.1) is 35.3 Å². The Morgan fingerprint density at radius 1 is 0.974 bits per heavy atom. The third-order valence-electron chi connectivity index (χ3n) is 16.5. The van der Waals surface area contributed by atoms with Gasteiger partial charge in [0.15, 0.2) is 0 Å². The van der Waals surface area contributed by atoms with E-state index in [9.17, 15) is 24.3 Å². The molecule has 428 valence electrons. The number of carbonyl (C=O) groups is 4. The van der Waals surface area contributed by atoms with Crippen LogP contribution in [0.5, 0.6) is 0 Å². The van der Waals surface area contributed by atoms with E-state index in [0.29, 0.717) is 69.8 Å². The normalized spacial score (nSPS) is 20.5. The molecule has 0 bridgehead atoms. The highest BCUT2D eigenvalue weighted by molar-refractivity contribution is 7.13. The van der Waals surface area contributed by atoms with Gasteiger partial charge in [-0.25, -0.2) is 19.6 Å². The van der Waals surface area contributed by atoms with Crippen LogP contribution < -0.4 is 37.4 Å². The average molecular weight is 1100 g/mol. The summed E-state index contributed by atoms with van der Waals surface area (Å²) in [4.78, 5) is 67.6. The summed E-state index contributed by atoms with van der Waals surface area (Å²) in [6, 6.07) is 8.65. The molecule has 16 nitrogen and oxygen atoms in total. The summed E-state index contributed by atoms with van der Waals surface area (Å²) in [5.41, 5.74) is 7.79. The predicted molar refractivity (Wildman–Crippen MR) is 304 cm³/mol. The SMILES string of the molecule is C=C(/C=C(\NN)NCCCCCCCCC(=O)N[C@H](C(=O)N1CC(CO)C[C@H]1C(=O)NC(C)c1ccc(-c2scnc2C)cc1)C(C)(C)C)N1CCC2(CC1)CN(c1cc(F)c(CN3CCC(C)(C)CC3)cc1F)CC(=O)N2. The summed E-state index contributed by atoms with van der Waals surface area (Å²) in [5.74, 6) is 4.29. The van der Waals surface area contributed by atoms with Crippen molar-refractivity contribution < 1.29 is 33.1 Å². The number of amides is 4. The summed E-state index contributed by atoms with van der Waals surface area (Å²) in [5, 5.41) is 22.8. The first kappa shape index (κ1) is 60.0. The van der Waals surface area contributed by atoms with Gasteiger partial charge < -0.3 is 46.5 Å². The number of hydrogen-bond acceptors (Lipinski definition) is 13. The van der Waals surface area contributed by atoms with Gasteiger partial charge in [0, 0.05) is 81.6 Å². The molecule has 2 aromatic carbocycles. The molecule has 1 aromatic heterocycles. The van der Waals surface area contributed by atoms with Gasteiger partial charge in [-0.1, -0.05) is 91.1 Å². The fourth-order valence-electron chi connectivity index (χ4n) is 11.4. The minimum Gasteiger partial charge on any atom is -0.396 e. The molecule has 3 aromatic rings. The predicted octanol–water partition coefficient (Wildman–Crippen LogP) is 7.55. The van der Waals surface area contributed by atoms with Gasteiger partial charge in [-0.05, 0) is 99.9 Å². The number of piperazine rings is 1. The molecule has 0 radical (unpaired) electrons. The Morgan fingerprint density at radius 3 is 2.29 bits per heavy atom. The first-order valence-corrected chi connectivity index (χ1v) is 29.1. The quantitative estimate of drug-likeness (QED) is 0.0213. The lowest BCUT2D eigenvalue weighted by molar-refractivity contribution is -0.144. The molecule has 19 heteroatoms. The van der Waals surface area contributed by atoms with Crippen molar-refractivity contribution in [1.29, 1.82) is 0 Å². The largest absolute Gasteiger partial charge is 0.396 e. The smallest absolute Gasteiger partial charge is 0.246 e. The molecule has 4 aliphatic rings. The van der Waals surface area contributed by atoms with Crippen LogP contribution in [0.1, 0.15) is 141 Å². The first-order chi connectivity index (χ1) is 37.1. The third kappa shape index (κ3) is 15.8. The second-order valence-electron chi connectivity index (χ2n) is 24.3. The van der Waals surface area contributed by atoms with Crippen molar-refractivity contribution in [3.8, 4) is 10.4 Å². The van der Waals surface area contributed by atoms with Gasteiger partial charge in [-0.2, -0.15) is 0 Å². The van der Waals surface area contributed by atoms with Crippen LogP contribution in [0.3, 0.4) is 0 Å². The number of hydrogen-bond donors (Lipinski definition) is 7. The van der Waals surface area contributed by atoms with Crippen molar-refractivity contribution in [2.75, 3.05) is 63.9 Å². The number of benzene rings is 2. The highest BCUT2D eigenvalue weighted by Crippen LogP contribution is 2.35. The molecule has 5 heterocycles. The van der Waals surface area contributed by atoms with Crippen LogP contribution in [-0.2, 0) is 25.7 Å². The number of nitrogens with two attached hydrogens (primary N) is 1. The van der Waals surface area contributed by atoms with Crippen LogP contribution in [0.25, 0.3) is 10.4 Å². The number of thiazole rings is 1. The molecule has 0 saturated carbocycles. The van der Waals surface area contributed by atoms with E-state index in [4.69, 9.17) is 5.84 Å². The summed E-state index contributed by atoms with van der Waals surface area (Å²) in [6.07, 6.45) is 11.1. The number of anilines is 1. The van der Waals surface area contributed by atoms with Gasteiger partial charge >= 0.3 is 0 Å². The molecule has 4 saturated heterocycles. The zero-order chi connectivity index (χ0) is 56.4. The maximum Gasteiger partial charge on any atom is 0.246 e. The summed E-state index contributed by atoms with van der Waals surface area (Å²) >= 11 is 1.58. The molecule has 0 aliphatic carbocycles. The number of allylic oxidation sites excluding steroid dienone is 1. The van der Waals surface area contributed by atoms with Crippen LogP contribution in [0.4, 0.5) is 14.5 Å². The van der Waals surface area contributed by atoms with Crippen LogP contribution in [-0.4, -0.2) is 125 Å². The number of nitrogens with zero attached hydrogens (tertiary/aromatic N) is 5. The van der Waals surface area contributed by atoms with Gasteiger partial charge in [-0.15, -0.1) is 11.3 Å². The molecular weight excluding hydrogens is 1010 g/mol. The molecular formula is C59H87F2N11O5S. The van der Waals surface area contributed by atoms with Gasteiger partial charge in [0.1, 0.15) is 29.5 Å². The number of aliphatic hydroxyl groups is 1. The van der Waals surface area contributed by atoms with Crippen LogP contribution in [0.2, 0.25) is 0 Å². The number of hydrazine groups is 1. The lowest BCUT2D eigenvalue weighted by Crippen LogP contribution is -2.66. The van der Waals surface area contributed by atoms with Gasteiger partial charge in [0.2, 0.25) is 23.6 Å². The Balaban J connectivity index is 0.792. The van der Waals surface area contributed by atoms with Crippen molar-refractivity contribution >= 4 is 40.7 Å². The molecule has 2 unspecified atom stereocenters. The minimum absolute atomic E-state index is 0.0386. The van der Waals surface area contributed by atoms with E-state index in [2.05, 4.69) is 61.9 Å². The monoisotopic (exact) mass is 1100 g/mol. The number of piperidine rings is 2. The number of nitrogens with one attached hydrogen (secondary N) is 5. The average Bonchev–Trinajstić information content (AvgIpc) is 4.06. The Bertz CT molecular complexity index is 2580. The van der Waals surface area contributed by atoms with Crippen molar-refractivity contribution in [2.24, 2.45) is 22.6 Å². The Labute approximate surface area is 465 Å². The van der Waals surface area contributed by atoms with E-state index in [1.807, 2.05) is 70.5 Å². The number of carbonyl (C=O) groups excluding carboxylic acids is 4. The van der Waals surface area contributed by atoms with Gasteiger partial charge in [0.25, 0.3) is 0 Å². The van der Waals surface area contributed by atoms with E-state index in [1.54, 1.807) is 21.1 Å². The number of likely N-dealkylation sites (tertiary alicyclic amines) is 3. The molecule has 4 atom stereocenters. The number of rotatable bonds is 23. The third-order valence-corrected chi connectivity index (χ3v) is 17.4. The van der Waals surface area contributed by atoms with Crippen molar-refractivity contribution in [3.05, 3.63) is 94.5 Å². The Kier molecular flexibility index (Phi) is 20.4. The molecule has 1 spiro atoms. The maximum atomic E-state index is 15.7. The van der Waals surface area contributed by atoms with E-state index >= 15 is 8.78 Å².